The topological polar surface area (TPSA) is 108 Å². The predicted molar refractivity (Wildman–Crippen MR) is 101 cm³/mol. The van der Waals surface area contributed by atoms with Crippen molar-refractivity contribution >= 4 is 23.2 Å². The average molecular weight is 399 g/mol. The second-order valence-electron chi connectivity index (χ2n) is 5.97. The van der Waals surface area contributed by atoms with E-state index in [1.54, 1.807) is 42.5 Å². The average Bonchev–Trinajstić information content (AvgIpc) is 3.06. The molecule has 0 saturated carbocycles. The quantitative estimate of drug-likeness (QED) is 0.595. The van der Waals surface area contributed by atoms with Crippen LogP contribution in [0.2, 0.25) is 10.0 Å². The van der Waals surface area contributed by atoms with Crippen molar-refractivity contribution in [2.45, 2.75) is 5.92 Å². The summed E-state index contributed by atoms with van der Waals surface area (Å²) < 4.78 is 5.54. The molecule has 134 valence electrons. The summed E-state index contributed by atoms with van der Waals surface area (Å²) in [7, 11) is 0. The summed E-state index contributed by atoms with van der Waals surface area (Å²) >= 11 is 12.2. The fourth-order valence-corrected chi connectivity index (χ4v) is 3.45. The van der Waals surface area contributed by atoms with Crippen molar-refractivity contribution in [1.82, 2.24) is 10.2 Å². The summed E-state index contributed by atoms with van der Waals surface area (Å²) in [6.07, 6.45) is 0. The molecule has 3 aromatic rings. The number of H-pyrrole nitrogens is 1. The van der Waals surface area contributed by atoms with Gasteiger partial charge in [0.25, 0.3) is 0 Å². The lowest BCUT2D eigenvalue weighted by molar-refractivity contribution is 0.378. The number of fused-ring (bicyclic) bond motifs is 1. The smallest absolute Gasteiger partial charge is 0.244 e. The summed E-state index contributed by atoms with van der Waals surface area (Å²) in [5.41, 5.74) is 8.83. The molecule has 2 heterocycles. The number of aromatic amines is 1. The molecule has 0 radical (unpaired) electrons. The van der Waals surface area contributed by atoms with Crippen molar-refractivity contribution in [1.29, 1.82) is 5.26 Å². The number of nitriles is 1. The Bertz CT molecular complexity index is 1130. The summed E-state index contributed by atoms with van der Waals surface area (Å²) in [6, 6.07) is 13.9. The van der Waals surface area contributed by atoms with Crippen LogP contribution >= 0.6 is 23.2 Å². The highest BCUT2D eigenvalue weighted by molar-refractivity contribution is 6.42. The lowest BCUT2D eigenvalue weighted by atomic mass is 9.83. The molecule has 0 unspecified atom stereocenters. The summed E-state index contributed by atoms with van der Waals surface area (Å²) in [6.45, 7) is 0. The molecule has 0 bridgehead atoms. The second-order valence-corrected chi connectivity index (χ2v) is 6.78. The number of nitrogens with zero attached hydrogens (tertiary/aromatic N) is 2. The maximum Gasteiger partial charge on any atom is 0.244 e. The van der Waals surface area contributed by atoms with E-state index in [0.29, 0.717) is 26.9 Å². The second kappa shape index (κ2) is 6.54. The fourth-order valence-electron chi connectivity index (χ4n) is 3.15. The van der Waals surface area contributed by atoms with Gasteiger partial charge in [0.1, 0.15) is 17.4 Å². The molecule has 2 aromatic carbocycles. The molecule has 0 fully saturated rings. The first kappa shape index (κ1) is 17.3. The SMILES string of the molecule is N#CC1=C(N)Oc2n[nH]c(-c3ccc(Cl)c(Cl)c3)c2[C@@H]1c1cccc(O)c1. The van der Waals surface area contributed by atoms with Gasteiger partial charge in [-0.05, 0) is 29.8 Å². The number of nitrogens with one attached hydrogen (secondary N) is 1. The van der Waals surface area contributed by atoms with Crippen LogP contribution in [0.3, 0.4) is 0 Å². The van der Waals surface area contributed by atoms with Crippen molar-refractivity contribution in [2.24, 2.45) is 5.73 Å². The Morgan fingerprint density at radius 3 is 2.70 bits per heavy atom. The van der Waals surface area contributed by atoms with Crippen LogP contribution in [0.25, 0.3) is 11.3 Å². The Labute approximate surface area is 164 Å². The van der Waals surface area contributed by atoms with Crippen LogP contribution in [0.15, 0.2) is 53.9 Å². The van der Waals surface area contributed by atoms with Gasteiger partial charge < -0.3 is 15.6 Å². The van der Waals surface area contributed by atoms with Crippen molar-refractivity contribution in [3.63, 3.8) is 0 Å². The molecule has 0 spiro atoms. The minimum atomic E-state index is -0.561. The molecule has 8 heteroatoms. The van der Waals surface area contributed by atoms with E-state index in [4.69, 9.17) is 33.7 Å². The molecule has 0 saturated heterocycles. The van der Waals surface area contributed by atoms with Crippen molar-refractivity contribution in [2.75, 3.05) is 0 Å². The van der Waals surface area contributed by atoms with Gasteiger partial charge in [0.05, 0.1) is 27.2 Å². The number of hydrogen-bond donors (Lipinski definition) is 3. The van der Waals surface area contributed by atoms with E-state index in [9.17, 15) is 10.4 Å². The minimum Gasteiger partial charge on any atom is -0.508 e. The van der Waals surface area contributed by atoms with Gasteiger partial charge in [-0.3, -0.25) is 5.10 Å². The number of halogens is 2. The molecule has 0 aliphatic carbocycles. The first-order chi connectivity index (χ1) is 13.0. The van der Waals surface area contributed by atoms with Crippen molar-refractivity contribution in [3.8, 4) is 29.0 Å². The lowest BCUT2D eigenvalue weighted by Gasteiger charge is -2.24. The van der Waals surface area contributed by atoms with E-state index in [2.05, 4.69) is 16.3 Å². The monoisotopic (exact) mass is 398 g/mol. The van der Waals surface area contributed by atoms with Crippen LogP contribution in [0, 0.1) is 11.3 Å². The number of nitrogens with two attached hydrogens (primary N) is 1. The zero-order valence-electron chi connectivity index (χ0n) is 13.7. The van der Waals surface area contributed by atoms with Gasteiger partial charge in [0.2, 0.25) is 11.8 Å². The number of phenolic OH excluding ortho intramolecular Hbond substituents is 1. The summed E-state index contributed by atoms with van der Waals surface area (Å²) in [5.74, 6) is -0.239. The third-order valence-electron chi connectivity index (χ3n) is 4.35. The number of allylic oxidation sites excluding steroid dienone is 1. The minimum absolute atomic E-state index is 0.0227. The van der Waals surface area contributed by atoms with Gasteiger partial charge in [0, 0.05) is 5.56 Å². The van der Waals surface area contributed by atoms with E-state index in [1.165, 1.54) is 0 Å². The zero-order valence-corrected chi connectivity index (χ0v) is 15.2. The molecule has 1 atom stereocenters. The van der Waals surface area contributed by atoms with Crippen molar-refractivity contribution < 1.29 is 9.84 Å². The van der Waals surface area contributed by atoms with Crippen LogP contribution < -0.4 is 10.5 Å². The number of benzene rings is 2. The van der Waals surface area contributed by atoms with Crippen molar-refractivity contribution in [3.05, 3.63) is 75.1 Å². The first-order valence-electron chi connectivity index (χ1n) is 7.89. The Hall–Kier alpha value is -3.14. The van der Waals surface area contributed by atoms with Gasteiger partial charge >= 0.3 is 0 Å². The maximum absolute atomic E-state index is 9.90. The lowest BCUT2D eigenvalue weighted by Crippen LogP contribution is -2.20. The van der Waals surface area contributed by atoms with Crippen LogP contribution in [0.5, 0.6) is 11.6 Å². The maximum atomic E-state index is 9.90. The molecule has 0 amide bonds. The standard InChI is InChI=1S/C19H12Cl2N4O2/c20-13-5-4-10(7-14(13)21)17-16-15(9-2-1-3-11(26)6-9)12(8-22)18(23)27-19(16)25-24-17/h1-7,15,26H,23H2,(H,24,25)/t15-/m1/s1. The Morgan fingerprint density at radius 1 is 1.19 bits per heavy atom. The van der Waals surface area contributed by atoms with E-state index in [-0.39, 0.29) is 23.1 Å². The van der Waals surface area contributed by atoms with Crippen LogP contribution in [0.1, 0.15) is 17.0 Å². The Kier molecular flexibility index (Phi) is 4.19. The van der Waals surface area contributed by atoms with Gasteiger partial charge in [-0.25, -0.2) is 0 Å². The van der Waals surface area contributed by atoms with Crippen LogP contribution in [-0.4, -0.2) is 15.3 Å². The van der Waals surface area contributed by atoms with Crippen LogP contribution in [-0.2, 0) is 0 Å². The number of rotatable bonds is 2. The number of ether oxygens (including phenoxy) is 1. The number of hydrogen-bond acceptors (Lipinski definition) is 5. The Balaban J connectivity index is 1.96. The summed E-state index contributed by atoms with van der Waals surface area (Å²) in [4.78, 5) is 0. The largest absolute Gasteiger partial charge is 0.508 e. The third kappa shape index (κ3) is 2.87. The van der Waals surface area contributed by atoms with Gasteiger partial charge in [-0.15, -0.1) is 5.10 Å². The normalized spacial score (nSPS) is 15.8. The number of aromatic hydroxyl groups is 1. The molecular weight excluding hydrogens is 387 g/mol. The van der Waals surface area contributed by atoms with Crippen LogP contribution in [0.4, 0.5) is 0 Å². The van der Waals surface area contributed by atoms with E-state index in [1.807, 2.05) is 0 Å². The van der Waals surface area contributed by atoms with Gasteiger partial charge in [0.15, 0.2) is 0 Å². The molecular formula is C19H12Cl2N4O2. The fraction of sp³-hybridized carbons (Fsp3) is 0.0526. The molecule has 4 rings (SSSR count). The highest BCUT2D eigenvalue weighted by atomic mass is 35.5. The molecule has 1 aliphatic rings. The zero-order chi connectivity index (χ0) is 19.1. The van der Waals surface area contributed by atoms with Gasteiger partial charge in [-0.1, -0.05) is 41.4 Å². The first-order valence-corrected chi connectivity index (χ1v) is 8.65. The van der Waals surface area contributed by atoms with E-state index < -0.39 is 5.92 Å². The highest BCUT2D eigenvalue weighted by Crippen LogP contribution is 2.46. The number of phenols is 1. The van der Waals surface area contributed by atoms with E-state index in [0.717, 1.165) is 5.56 Å². The number of aromatic nitrogens is 2. The predicted octanol–water partition coefficient (Wildman–Crippen LogP) is 4.31. The summed E-state index contributed by atoms with van der Waals surface area (Å²) in [5, 5.41) is 27.5. The van der Waals surface area contributed by atoms with Gasteiger partial charge in [-0.2, -0.15) is 5.26 Å². The molecule has 4 N–H and O–H groups in total. The van der Waals surface area contributed by atoms with E-state index >= 15 is 0 Å². The Morgan fingerprint density at radius 2 is 2.00 bits per heavy atom. The highest BCUT2D eigenvalue weighted by Gasteiger charge is 2.35. The molecule has 27 heavy (non-hydrogen) atoms. The third-order valence-corrected chi connectivity index (χ3v) is 5.09. The molecule has 6 nitrogen and oxygen atoms in total. The molecule has 1 aliphatic heterocycles. The molecule has 1 aromatic heterocycles.